The van der Waals surface area contributed by atoms with E-state index in [0.29, 0.717) is 6.42 Å². The molecule has 0 aliphatic carbocycles. The van der Waals surface area contributed by atoms with Gasteiger partial charge >= 0.3 is 0 Å². The van der Waals surface area contributed by atoms with Crippen LogP contribution in [-0.2, 0) is 14.3 Å². The highest BCUT2D eigenvalue weighted by Gasteiger charge is 2.44. The van der Waals surface area contributed by atoms with Gasteiger partial charge in [0.15, 0.2) is 6.29 Å². The molecule has 9 nitrogen and oxygen atoms in total. The van der Waals surface area contributed by atoms with Crippen molar-refractivity contribution in [3.8, 4) is 0 Å². The number of carbonyl (C=O) groups excluding carboxylic acids is 1. The van der Waals surface area contributed by atoms with Gasteiger partial charge in [-0.25, -0.2) is 0 Å². The van der Waals surface area contributed by atoms with Gasteiger partial charge in [-0.05, 0) is 70.6 Å². The van der Waals surface area contributed by atoms with Crippen molar-refractivity contribution < 1.29 is 39.8 Å². The molecule has 1 saturated heterocycles. The van der Waals surface area contributed by atoms with Crippen molar-refractivity contribution in [2.45, 2.75) is 211 Å². The highest BCUT2D eigenvalue weighted by molar-refractivity contribution is 5.76. The Balaban J connectivity index is 2.46. The van der Waals surface area contributed by atoms with Crippen LogP contribution in [0.1, 0.15) is 168 Å². The predicted octanol–water partition coefficient (Wildman–Crippen LogP) is 8.28. The predicted molar refractivity (Wildman–Crippen MR) is 216 cm³/mol. The minimum Gasteiger partial charge on any atom is -0.394 e. The molecule has 7 atom stereocenters. The Kier molecular flexibility index (Phi) is 32.1. The molecule has 1 fully saturated rings. The molecular formula is C44H79NO8. The number of unbranched alkanes of at least 4 members (excludes halogenated alkanes) is 18. The van der Waals surface area contributed by atoms with E-state index in [1.807, 2.05) is 6.08 Å². The molecule has 308 valence electrons. The van der Waals surface area contributed by atoms with Gasteiger partial charge in [0.2, 0.25) is 5.91 Å². The third-order valence-corrected chi connectivity index (χ3v) is 9.85. The quantitative estimate of drug-likeness (QED) is 0.0285. The van der Waals surface area contributed by atoms with Crippen molar-refractivity contribution in [2.24, 2.45) is 0 Å². The summed E-state index contributed by atoms with van der Waals surface area (Å²) in [7, 11) is 0. The molecule has 7 unspecified atom stereocenters. The number of aliphatic hydroxyl groups is 5. The first-order chi connectivity index (χ1) is 25.8. The zero-order chi connectivity index (χ0) is 38.8. The van der Waals surface area contributed by atoms with E-state index in [0.717, 1.165) is 64.2 Å². The summed E-state index contributed by atoms with van der Waals surface area (Å²) in [5.74, 6) is -0.210. The van der Waals surface area contributed by atoms with Gasteiger partial charge in [0.1, 0.15) is 24.4 Å². The van der Waals surface area contributed by atoms with Crippen molar-refractivity contribution >= 4 is 5.91 Å². The molecule has 1 amide bonds. The number of aliphatic hydroxyl groups excluding tert-OH is 5. The third kappa shape index (κ3) is 25.8. The maximum Gasteiger partial charge on any atom is 0.220 e. The lowest BCUT2D eigenvalue weighted by molar-refractivity contribution is -0.302. The molecular weight excluding hydrogens is 670 g/mol. The number of carbonyl (C=O) groups is 1. The lowest BCUT2D eigenvalue weighted by atomic mass is 9.99. The van der Waals surface area contributed by atoms with E-state index in [9.17, 15) is 30.3 Å². The second-order valence-corrected chi connectivity index (χ2v) is 14.8. The molecule has 0 bridgehead atoms. The van der Waals surface area contributed by atoms with E-state index in [4.69, 9.17) is 9.47 Å². The van der Waals surface area contributed by atoms with Gasteiger partial charge in [-0.1, -0.05) is 140 Å². The van der Waals surface area contributed by atoms with Crippen molar-refractivity contribution in [2.75, 3.05) is 13.2 Å². The highest BCUT2D eigenvalue weighted by Crippen LogP contribution is 2.22. The number of amides is 1. The summed E-state index contributed by atoms with van der Waals surface area (Å²) in [6.45, 7) is 3.70. The highest BCUT2D eigenvalue weighted by atomic mass is 16.7. The number of hydrogen-bond acceptors (Lipinski definition) is 8. The second kappa shape index (κ2) is 34.6. The number of rotatable bonds is 34. The van der Waals surface area contributed by atoms with Crippen LogP contribution in [0.3, 0.4) is 0 Å². The Morgan fingerprint density at radius 1 is 0.623 bits per heavy atom. The zero-order valence-corrected chi connectivity index (χ0v) is 33.5. The van der Waals surface area contributed by atoms with Crippen molar-refractivity contribution in [3.05, 3.63) is 48.6 Å². The minimum absolute atomic E-state index is 0.210. The summed E-state index contributed by atoms with van der Waals surface area (Å²) < 4.78 is 11.2. The molecule has 53 heavy (non-hydrogen) atoms. The monoisotopic (exact) mass is 750 g/mol. The molecule has 9 heteroatoms. The van der Waals surface area contributed by atoms with Crippen molar-refractivity contribution in [1.82, 2.24) is 5.32 Å². The first-order valence-corrected chi connectivity index (χ1v) is 21.4. The van der Waals surface area contributed by atoms with Gasteiger partial charge in [-0.3, -0.25) is 4.79 Å². The molecule has 1 aliphatic heterocycles. The van der Waals surface area contributed by atoms with Gasteiger partial charge in [0.25, 0.3) is 0 Å². The number of allylic oxidation sites excluding steroid dienone is 7. The smallest absolute Gasteiger partial charge is 0.220 e. The van der Waals surface area contributed by atoms with Crippen molar-refractivity contribution in [1.29, 1.82) is 0 Å². The van der Waals surface area contributed by atoms with E-state index in [1.54, 1.807) is 6.08 Å². The molecule has 0 saturated carbocycles. The Bertz CT molecular complexity index is 967. The maximum atomic E-state index is 12.9. The van der Waals surface area contributed by atoms with Crippen LogP contribution in [-0.4, -0.2) is 87.5 Å². The average molecular weight is 750 g/mol. The summed E-state index contributed by atoms with van der Waals surface area (Å²) >= 11 is 0. The standard InChI is InChI=1S/C44H79NO8/c1-3-5-7-9-11-13-15-17-18-19-20-22-23-25-27-29-31-33-38(47)37(36-52-44-43(51)42(50)41(49)39(35-46)53-44)45-40(48)34-32-30-28-26-24-21-16-14-12-10-8-6-4-2/h18-19,21,23-25,31,33,37-39,41-44,46-47,49-51H,3-17,20,22,26-30,32,34-36H2,1-2H3,(H,45,48)/b19-18+,24-21-,25-23+,33-31+. The first kappa shape index (κ1) is 49.2. The lowest BCUT2D eigenvalue weighted by Gasteiger charge is -2.40. The second-order valence-electron chi connectivity index (χ2n) is 14.8. The third-order valence-electron chi connectivity index (χ3n) is 9.85. The Labute approximate surface area is 323 Å². The van der Waals surface area contributed by atoms with E-state index in [2.05, 4.69) is 55.6 Å². The summed E-state index contributed by atoms with van der Waals surface area (Å²) in [6.07, 6.45) is 35.8. The summed E-state index contributed by atoms with van der Waals surface area (Å²) in [4.78, 5) is 12.9. The van der Waals surface area contributed by atoms with Crippen LogP contribution in [0.2, 0.25) is 0 Å². The molecule has 0 spiro atoms. The van der Waals surface area contributed by atoms with Crippen LogP contribution in [0.25, 0.3) is 0 Å². The van der Waals surface area contributed by atoms with Gasteiger partial charge in [-0.2, -0.15) is 0 Å². The average Bonchev–Trinajstić information content (AvgIpc) is 3.16. The van der Waals surface area contributed by atoms with E-state index >= 15 is 0 Å². The largest absolute Gasteiger partial charge is 0.394 e. The van der Waals surface area contributed by atoms with Crippen LogP contribution in [0.15, 0.2) is 48.6 Å². The zero-order valence-electron chi connectivity index (χ0n) is 33.5. The minimum atomic E-state index is -1.58. The fourth-order valence-electron chi connectivity index (χ4n) is 6.36. The van der Waals surface area contributed by atoms with Crippen LogP contribution in [0.5, 0.6) is 0 Å². The Hall–Kier alpha value is -1.85. The van der Waals surface area contributed by atoms with E-state index < -0.39 is 49.5 Å². The molecule has 0 aromatic rings. The SMILES string of the molecule is CCCCCCCC/C=C\CCCCCC(=O)NC(COC1OC(CO)C(O)C(O)C1O)C(O)/C=C/CC/C=C/CC/C=C/CCCCCCCCC. The molecule has 1 aliphatic rings. The number of ether oxygens (including phenoxy) is 2. The molecule has 6 N–H and O–H groups in total. The fraction of sp³-hybridized carbons (Fsp3) is 0.795. The van der Waals surface area contributed by atoms with Crippen LogP contribution >= 0.6 is 0 Å². The van der Waals surface area contributed by atoms with Gasteiger partial charge in [0, 0.05) is 6.42 Å². The molecule has 0 aromatic heterocycles. The maximum absolute atomic E-state index is 12.9. The lowest BCUT2D eigenvalue weighted by Crippen LogP contribution is -2.60. The molecule has 1 rings (SSSR count). The number of nitrogens with one attached hydrogen (secondary N) is 1. The van der Waals surface area contributed by atoms with E-state index in [-0.39, 0.29) is 12.5 Å². The number of hydrogen-bond donors (Lipinski definition) is 6. The molecule has 0 radical (unpaired) electrons. The summed E-state index contributed by atoms with van der Waals surface area (Å²) in [5, 5.41) is 54.0. The van der Waals surface area contributed by atoms with Gasteiger partial charge < -0.3 is 40.3 Å². The normalized spacial score (nSPS) is 22.1. The van der Waals surface area contributed by atoms with Gasteiger partial charge in [-0.15, -0.1) is 0 Å². The fourth-order valence-corrected chi connectivity index (χ4v) is 6.36. The summed E-state index contributed by atoms with van der Waals surface area (Å²) in [6, 6.07) is -0.834. The Morgan fingerprint density at radius 2 is 1.08 bits per heavy atom. The van der Waals surface area contributed by atoms with Crippen LogP contribution < -0.4 is 5.32 Å². The summed E-state index contributed by atoms with van der Waals surface area (Å²) in [5.41, 5.74) is 0. The molecule has 0 aromatic carbocycles. The Morgan fingerprint density at radius 3 is 1.58 bits per heavy atom. The molecule has 1 heterocycles. The van der Waals surface area contributed by atoms with E-state index in [1.165, 1.54) is 83.5 Å². The first-order valence-electron chi connectivity index (χ1n) is 21.4. The topological polar surface area (TPSA) is 149 Å². The van der Waals surface area contributed by atoms with Crippen LogP contribution in [0, 0.1) is 0 Å². The van der Waals surface area contributed by atoms with Crippen LogP contribution in [0.4, 0.5) is 0 Å². The van der Waals surface area contributed by atoms with Crippen molar-refractivity contribution in [3.63, 3.8) is 0 Å². The van der Waals surface area contributed by atoms with Gasteiger partial charge in [0.05, 0.1) is 25.4 Å².